The average Bonchev–Trinajstić information content (AvgIpc) is 2.76. The van der Waals surface area contributed by atoms with E-state index in [1.807, 2.05) is 6.92 Å². The Hall–Kier alpha value is -2.59. The summed E-state index contributed by atoms with van der Waals surface area (Å²) in [6.45, 7) is 3.02. The first-order valence-electron chi connectivity index (χ1n) is 10.4. The van der Waals surface area contributed by atoms with Crippen molar-refractivity contribution in [3.05, 3.63) is 87.9 Å². The molecule has 1 N–H and O–H groups in total. The summed E-state index contributed by atoms with van der Waals surface area (Å²) in [6, 6.07) is 16.1. The van der Waals surface area contributed by atoms with Gasteiger partial charge in [0.25, 0.3) is 10.0 Å². The smallest absolute Gasteiger partial charge is 0.264 e. The molecule has 0 aromatic heterocycles. The van der Waals surface area contributed by atoms with Crippen LogP contribution in [-0.4, -0.2) is 35.5 Å². The van der Waals surface area contributed by atoms with Crippen LogP contribution in [0.4, 0.5) is 5.69 Å². The Morgan fingerprint density at radius 1 is 0.886 bits per heavy atom. The maximum absolute atomic E-state index is 13.5. The minimum atomic E-state index is -4.13. The van der Waals surface area contributed by atoms with Gasteiger partial charge in [0.15, 0.2) is 9.84 Å². The molecule has 0 spiro atoms. The van der Waals surface area contributed by atoms with E-state index in [0.717, 1.165) is 16.1 Å². The van der Waals surface area contributed by atoms with Gasteiger partial charge in [-0.3, -0.25) is 9.10 Å². The number of nitrogens with zero attached hydrogens (tertiary/aromatic N) is 1. The molecule has 0 aliphatic rings. The molecule has 0 bridgehead atoms. The number of rotatable bonds is 8. The third-order valence-corrected chi connectivity index (χ3v) is 8.57. The lowest BCUT2D eigenvalue weighted by atomic mass is 10.1. The molecule has 11 heteroatoms. The van der Waals surface area contributed by atoms with Gasteiger partial charge in [-0.15, -0.1) is 0 Å². The van der Waals surface area contributed by atoms with Crippen molar-refractivity contribution in [3.8, 4) is 0 Å². The number of carbonyl (C=O) groups is 1. The van der Waals surface area contributed by atoms with Gasteiger partial charge in [-0.25, -0.2) is 16.8 Å². The molecule has 1 atom stereocenters. The molecule has 0 saturated heterocycles. The monoisotopic (exact) mass is 554 g/mol. The van der Waals surface area contributed by atoms with E-state index in [0.29, 0.717) is 5.56 Å². The number of anilines is 1. The molecular formula is C24H24Cl2N2O5S2. The number of aryl methyl sites for hydroxylation is 1. The van der Waals surface area contributed by atoms with Crippen molar-refractivity contribution < 1.29 is 21.6 Å². The molecule has 0 fully saturated rings. The van der Waals surface area contributed by atoms with E-state index in [4.69, 9.17) is 23.2 Å². The maximum atomic E-state index is 13.5. The zero-order chi connectivity index (χ0) is 26.0. The van der Waals surface area contributed by atoms with Crippen LogP contribution in [0.1, 0.15) is 24.1 Å². The predicted octanol–water partition coefficient (Wildman–Crippen LogP) is 4.78. The van der Waals surface area contributed by atoms with Crippen molar-refractivity contribution >= 4 is 54.7 Å². The second-order valence-electron chi connectivity index (χ2n) is 8.08. The first kappa shape index (κ1) is 27.0. The highest BCUT2D eigenvalue weighted by atomic mass is 35.5. The normalized spacial score (nSPS) is 12.7. The van der Waals surface area contributed by atoms with Crippen LogP contribution in [0.5, 0.6) is 0 Å². The Bertz CT molecular complexity index is 1420. The first-order chi connectivity index (χ1) is 16.3. The molecule has 3 aromatic carbocycles. The van der Waals surface area contributed by atoms with Crippen molar-refractivity contribution in [2.45, 2.75) is 29.7 Å². The molecule has 0 radical (unpaired) electrons. The highest BCUT2D eigenvalue weighted by Crippen LogP contribution is 2.30. The van der Waals surface area contributed by atoms with E-state index < -0.39 is 38.4 Å². The maximum Gasteiger partial charge on any atom is 0.264 e. The molecule has 0 heterocycles. The zero-order valence-electron chi connectivity index (χ0n) is 19.2. The van der Waals surface area contributed by atoms with Crippen LogP contribution in [0.25, 0.3) is 0 Å². The summed E-state index contributed by atoms with van der Waals surface area (Å²) in [6.07, 6.45) is 1.11. The van der Waals surface area contributed by atoms with E-state index in [-0.39, 0.29) is 25.5 Å². The molecular weight excluding hydrogens is 531 g/mol. The molecule has 3 rings (SSSR count). The van der Waals surface area contributed by atoms with Crippen molar-refractivity contribution in [3.63, 3.8) is 0 Å². The Labute approximate surface area is 215 Å². The van der Waals surface area contributed by atoms with Crippen molar-refractivity contribution in [1.29, 1.82) is 0 Å². The SMILES string of the molecule is Cc1ccc(S(=O)(=O)N(CC(=O)NC(C)c2ccc(S(C)(=O)=O)cc2)c2cc(Cl)cc(Cl)c2)cc1. The van der Waals surface area contributed by atoms with Gasteiger partial charge in [-0.2, -0.15) is 0 Å². The molecule has 35 heavy (non-hydrogen) atoms. The second-order valence-corrected chi connectivity index (χ2v) is 12.8. The van der Waals surface area contributed by atoms with Crippen molar-refractivity contribution in [1.82, 2.24) is 5.32 Å². The Kier molecular flexibility index (Phi) is 8.16. The third-order valence-electron chi connectivity index (χ3n) is 5.22. The van der Waals surface area contributed by atoms with Gasteiger partial charge >= 0.3 is 0 Å². The highest BCUT2D eigenvalue weighted by molar-refractivity contribution is 7.93. The number of benzene rings is 3. The number of hydrogen-bond acceptors (Lipinski definition) is 5. The fraction of sp³-hybridized carbons (Fsp3) is 0.208. The van der Waals surface area contributed by atoms with Gasteiger partial charge in [-0.05, 0) is 61.9 Å². The molecule has 186 valence electrons. The summed E-state index contributed by atoms with van der Waals surface area (Å²) in [5, 5.41) is 3.19. The highest BCUT2D eigenvalue weighted by Gasteiger charge is 2.28. The fourth-order valence-corrected chi connectivity index (χ4v) is 5.89. The lowest BCUT2D eigenvalue weighted by Gasteiger charge is -2.25. The van der Waals surface area contributed by atoms with Crippen molar-refractivity contribution in [2.24, 2.45) is 0 Å². The third kappa shape index (κ3) is 6.76. The van der Waals surface area contributed by atoms with Gasteiger partial charge in [0.05, 0.1) is 21.5 Å². The largest absolute Gasteiger partial charge is 0.348 e. The minimum Gasteiger partial charge on any atom is -0.348 e. The van der Waals surface area contributed by atoms with E-state index in [1.54, 1.807) is 31.2 Å². The molecule has 0 aliphatic carbocycles. The topological polar surface area (TPSA) is 101 Å². The number of hydrogen-bond donors (Lipinski definition) is 1. The summed E-state index contributed by atoms with van der Waals surface area (Å²) in [4.78, 5) is 13.1. The fourth-order valence-electron chi connectivity index (χ4n) is 3.34. The molecule has 0 aliphatic heterocycles. The van der Waals surface area contributed by atoms with Gasteiger partial charge < -0.3 is 5.32 Å². The van der Waals surface area contributed by atoms with Crippen LogP contribution in [0.15, 0.2) is 76.5 Å². The number of sulfone groups is 1. The molecule has 1 amide bonds. The minimum absolute atomic E-state index is 0.0106. The lowest BCUT2D eigenvalue weighted by molar-refractivity contribution is -0.120. The number of sulfonamides is 1. The quantitative estimate of drug-likeness (QED) is 0.431. The number of amides is 1. The average molecular weight is 556 g/mol. The van der Waals surface area contributed by atoms with Crippen LogP contribution in [0.2, 0.25) is 10.0 Å². The summed E-state index contributed by atoms with van der Waals surface area (Å²) in [5.41, 5.74) is 1.68. The number of nitrogens with one attached hydrogen (secondary N) is 1. The summed E-state index contributed by atoms with van der Waals surface area (Å²) >= 11 is 12.2. The van der Waals surface area contributed by atoms with Gasteiger partial charge in [0, 0.05) is 16.3 Å². The number of carbonyl (C=O) groups excluding carboxylic acids is 1. The Balaban J connectivity index is 1.89. The Morgan fingerprint density at radius 2 is 1.40 bits per heavy atom. The summed E-state index contributed by atoms with van der Waals surface area (Å²) < 4.78 is 51.3. The van der Waals surface area contributed by atoms with Crippen LogP contribution < -0.4 is 9.62 Å². The second kappa shape index (κ2) is 10.6. The van der Waals surface area contributed by atoms with Gasteiger partial charge in [-0.1, -0.05) is 53.0 Å². The molecule has 7 nitrogen and oxygen atoms in total. The first-order valence-corrected chi connectivity index (χ1v) is 14.5. The van der Waals surface area contributed by atoms with E-state index >= 15 is 0 Å². The van der Waals surface area contributed by atoms with Crippen LogP contribution in [0.3, 0.4) is 0 Å². The van der Waals surface area contributed by atoms with Gasteiger partial charge in [0.2, 0.25) is 5.91 Å². The molecule has 3 aromatic rings. The zero-order valence-corrected chi connectivity index (χ0v) is 22.3. The predicted molar refractivity (Wildman–Crippen MR) is 138 cm³/mol. The number of halogens is 2. The molecule has 0 saturated carbocycles. The van der Waals surface area contributed by atoms with E-state index in [1.165, 1.54) is 42.5 Å². The van der Waals surface area contributed by atoms with Gasteiger partial charge in [0.1, 0.15) is 6.54 Å². The van der Waals surface area contributed by atoms with Crippen LogP contribution >= 0.6 is 23.2 Å². The summed E-state index contributed by atoms with van der Waals surface area (Å²) in [5.74, 6) is -0.573. The summed E-state index contributed by atoms with van der Waals surface area (Å²) in [7, 11) is -7.48. The Morgan fingerprint density at radius 3 is 1.91 bits per heavy atom. The molecule has 1 unspecified atom stereocenters. The van der Waals surface area contributed by atoms with Crippen LogP contribution in [-0.2, 0) is 24.7 Å². The van der Waals surface area contributed by atoms with Crippen LogP contribution in [0, 0.1) is 6.92 Å². The van der Waals surface area contributed by atoms with E-state index in [9.17, 15) is 21.6 Å². The lowest BCUT2D eigenvalue weighted by Crippen LogP contribution is -2.41. The standard InChI is InChI=1S/C24H24Cl2N2O5S2/c1-16-4-8-23(9-5-16)35(32,33)28(21-13-19(25)12-20(26)14-21)15-24(29)27-17(2)18-6-10-22(11-7-18)34(3,30)31/h4-14,17H,15H2,1-3H3,(H,27,29). The van der Waals surface area contributed by atoms with E-state index in [2.05, 4.69) is 5.32 Å². The van der Waals surface area contributed by atoms with Crippen molar-refractivity contribution in [2.75, 3.05) is 17.1 Å².